The SMILES string of the molecule is CC1(C)CCCNC1CNC(=O)c1cc2n(n1)CC1(CCNCC1)OC2. The molecule has 1 unspecified atom stereocenters. The van der Waals surface area contributed by atoms with Crippen molar-refractivity contribution in [3.8, 4) is 0 Å². The maximum Gasteiger partial charge on any atom is 0.271 e. The fourth-order valence-electron chi connectivity index (χ4n) is 4.45. The molecule has 7 nitrogen and oxygen atoms in total. The normalized spacial score (nSPS) is 27.1. The van der Waals surface area contributed by atoms with Crippen molar-refractivity contribution in [3.63, 3.8) is 0 Å². The van der Waals surface area contributed by atoms with Gasteiger partial charge in [0, 0.05) is 12.6 Å². The van der Waals surface area contributed by atoms with E-state index >= 15 is 0 Å². The van der Waals surface area contributed by atoms with Gasteiger partial charge in [-0.2, -0.15) is 5.10 Å². The van der Waals surface area contributed by atoms with Crippen LogP contribution < -0.4 is 16.0 Å². The van der Waals surface area contributed by atoms with Gasteiger partial charge in [0.25, 0.3) is 5.91 Å². The summed E-state index contributed by atoms with van der Waals surface area (Å²) in [5.41, 5.74) is 1.58. The van der Waals surface area contributed by atoms with Crippen LogP contribution in [0.3, 0.4) is 0 Å². The molecule has 1 aromatic heterocycles. The zero-order chi connectivity index (χ0) is 18.2. The number of fused-ring (bicyclic) bond motifs is 1. The molecule has 0 aromatic carbocycles. The summed E-state index contributed by atoms with van der Waals surface area (Å²) in [6, 6.07) is 2.18. The molecule has 2 saturated heterocycles. The van der Waals surface area contributed by atoms with E-state index in [1.807, 2.05) is 10.7 Å². The molecule has 3 aliphatic rings. The lowest BCUT2D eigenvalue weighted by Crippen LogP contribution is -2.52. The van der Waals surface area contributed by atoms with Gasteiger partial charge in [-0.3, -0.25) is 9.48 Å². The molecule has 1 spiro atoms. The van der Waals surface area contributed by atoms with Crippen LogP contribution in [-0.4, -0.2) is 53.5 Å². The van der Waals surface area contributed by atoms with E-state index in [9.17, 15) is 4.79 Å². The lowest BCUT2D eigenvalue weighted by molar-refractivity contribution is -0.109. The molecule has 0 aliphatic carbocycles. The minimum absolute atomic E-state index is 0.0885. The van der Waals surface area contributed by atoms with Gasteiger partial charge in [0.2, 0.25) is 0 Å². The summed E-state index contributed by atoms with van der Waals surface area (Å²) in [5.74, 6) is -0.0885. The zero-order valence-electron chi connectivity index (χ0n) is 15.9. The predicted octanol–water partition coefficient (Wildman–Crippen LogP) is 1.04. The second-order valence-corrected chi connectivity index (χ2v) is 8.71. The van der Waals surface area contributed by atoms with E-state index in [1.165, 1.54) is 12.8 Å². The lowest BCUT2D eigenvalue weighted by Gasteiger charge is -2.40. The van der Waals surface area contributed by atoms with Gasteiger partial charge < -0.3 is 20.7 Å². The van der Waals surface area contributed by atoms with E-state index < -0.39 is 0 Å². The molecule has 3 N–H and O–H groups in total. The van der Waals surface area contributed by atoms with E-state index in [1.54, 1.807) is 0 Å². The largest absolute Gasteiger partial charge is 0.367 e. The standard InChI is InChI=1S/C19H31N5O2/c1-18(2)4-3-7-21-16(18)11-22-17(25)15-10-14-12-26-19(13-24(14)23-15)5-8-20-9-6-19/h10,16,20-21H,3-9,11-13H2,1-2H3,(H,22,25). The van der Waals surface area contributed by atoms with Crippen molar-refractivity contribution in [2.24, 2.45) is 5.41 Å². The van der Waals surface area contributed by atoms with Crippen molar-refractivity contribution < 1.29 is 9.53 Å². The Morgan fingerprint density at radius 2 is 2.15 bits per heavy atom. The highest BCUT2D eigenvalue weighted by Gasteiger charge is 2.38. The van der Waals surface area contributed by atoms with Crippen LogP contribution >= 0.6 is 0 Å². The molecular weight excluding hydrogens is 330 g/mol. The summed E-state index contributed by atoms with van der Waals surface area (Å²) in [6.07, 6.45) is 4.38. The van der Waals surface area contributed by atoms with Crippen LogP contribution in [0, 0.1) is 5.41 Å². The van der Waals surface area contributed by atoms with E-state index in [2.05, 4.69) is 34.9 Å². The summed E-state index contributed by atoms with van der Waals surface area (Å²) < 4.78 is 8.14. The maximum atomic E-state index is 12.6. The minimum Gasteiger partial charge on any atom is -0.367 e. The average Bonchev–Trinajstić information content (AvgIpc) is 3.04. The first kappa shape index (κ1) is 17.9. The number of amides is 1. The average molecular weight is 361 g/mol. The Labute approximate surface area is 155 Å². The van der Waals surface area contributed by atoms with Gasteiger partial charge in [-0.15, -0.1) is 0 Å². The van der Waals surface area contributed by atoms with Crippen LogP contribution in [-0.2, 0) is 17.9 Å². The number of carbonyl (C=O) groups is 1. The summed E-state index contributed by atoms with van der Waals surface area (Å²) in [6.45, 7) is 9.44. The van der Waals surface area contributed by atoms with Crippen LogP contribution in [0.25, 0.3) is 0 Å². The van der Waals surface area contributed by atoms with Gasteiger partial charge >= 0.3 is 0 Å². The Balaban J connectivity index is 1.39. The highest BCUT2D eigenvalue weighted by Crippen LogP contribution is 2.31. The number of hydrogen-bond acceptors (Lipinski definition) is 5. The van der Waals surface area contributed by atoms with Crippen LogP contribution in [0.1, 0.15) is 55.7 Å². The second kappa shape index (κ2) is 6.94. The van der Waals surface area contributed by atoms with Crippen LogP contribution in [0.4, 0.5) is 0 Å². The van der Waals surface area contributed by atoms with Crippen LogP contribution in [0.5, 0.6) is 0 Å². The van der Waals surface area contributed by atoms with Gasteiger partial charge in [-0.25, -0.2) is 0 Å². The number of ether oxygens (including phenoxy) is 1. The molecule has 26 heavy (non-hydrogen) atoms. The predicted molar refractivity (Wildman–Crippen MR) is 99.0 cm³/mol. The van der Waals surface area contributed by atoms with E-state index in [-0.39, 0.29) is 16.9 Å². The number of nitrogens with one attached hydrogen (secondary N) is 3. The molecule has 4 heterocycles. The van der Waals surface area contributed by atoms with E-state index in [0.29, 0.717) is 24.9 Å². The number of rotatable bonds is 3. The van der Waals surface area contributed by atoms with Crippen LogP contribution in [0.2, 0.25) is 0 Å². The molecule has 3 aliphatic heterocycles. The molecule has 7 heteroatoms. The Bertz CT molecular complexity index is 663. The fraction of sp³-hybridized carbons (Fsp3) is 0.789. The number of carbonyl (C=O) groups excluding carboxylic acids is 1. The molecule has 2 fully saturated rings. The third-order valence-corrected chi connectivity index (χ3v) is 6.37. The number of hydrogen-bond donors (Lipinski definition) is 3. The molecular formula is C19H31N5O2. The topological polar surface area (TPSA) is 80.2 Å². The smallest absolute Gasteiger partial charge is 0.271 e. The van der Waals surface area contributed by atoms with Crippen molar-refractivity contribution in [1.82, 2.24) is 25.7 Å². The molecule has 144 valence electrons. The van der Waals surface area contributed by atoms with Gasteiger partial charge in [0.15, 0.2) is 5.69 Å². The molecule has 0 saturated carbocycles. The Morgan fingerprint density at radius 3 is 2.92 bits per heavy atom. The monoisotopic (exact) mass is 361 g/mol. The summed E-state index contributed by atoms with van der Waals surface area (Å²) in [4.78, 5) is 12.6. The molecule has 1 aromatic rings. The van der Waals surface area contributed by atoms with Crippen molar-refractivity contribution in [2.75, 3.05) is 26.2 Å². The van der Waals surface area contributed by atoms with Crippen molar-refractivity contribution in [2.45, 2.75) is 64.3 Å². The Kier molecular flexibility index (Phi) is 4.79. The quantitative estimate of drug-likeness (QED) is 0.750. The molecule has 1 atom stereocenters. The zero-order valence-corrected chi connectivity index (χ0v) is 15.9. The van der Waals surface area contributed by atoms with Gasteiger partial charge in [-0.1, -0.05) is 13.8 Å². The third-order valence-electron chi connectivity index (χ3n) is 6.37. The third kappa shape index (κ3) is 3.52. The summed E-state index contributed by atoms with van der Waals surface area (Å²) in [7, 11) is 0. The number of aromatic nitrogens is 2. The first-order valence-corrected chi connectivity index (χ1v) is 9.91. The summed E-state index contributed by atoms with van der Waals surface area (Å²) >= 11 is 0. The highest BCUT2D eigenvalue weighted by molar-refractivity contribution is 5.92. The Morgan fingerprint density at radius 1 is 1.35 bits per heavy atom. The molecule has 1 amide bonds. The second-order valence-electron chi connectivity index (χ2n) is 8.71. The van der Waals surface area contributed by atoms with Crippen molar-refractivity contribution in [1.29, 1.82) is 0 Å². The first-order valence-electron chi connectivity index (χ1n) is 9.91. The molecule has 0 radical (unpaired) electrons. The number of nitrogens with zero attached hydrogens (tertiary/aromatic N) is 2. The van der Waals surface area contributed by atoms with Gasteiger partial charge in [0.1, 0.15) is 0 Å². The molecule has 0 bridgehead atoms. The maximum absolute atomic E-state index is 12.6. The number of piperidine rings is 2. The summed E-state index contributed by atoms with van der Waals surface area (Å²) in [5, 5.41) is 14.6. The Hall–Kier alpha value is -1.44. The van der Waals surface area contributed by atoms with E-state index in [0.717, 1.165) is 44.7 Å². The van der Waals surface area contributed by atoms with Gasteiger partial charge in [-0.05, 0) is 56.8 Å². The fourth-order valence-corrected chi connectivity index (χ4v) is 4.45. The highest BCUT2D eigenvalue weighted by atomic mass is 16.5. The van der Waals surface area contributed by atoms with Crippen LogP contribution in [0.15, 0.2) is 6.07 Å². The van der Waals surface area contributed by atoms with Crippen molar-refractivity contribution in [3.05, 3.63) is 17.5 Å². The van der Waals surface area contributed by atoms with Crippen molar-refractivity contribution >= 4 is 5.91 Å². The first-order chi connectivity index (χ1) is 12.5. The molecule has 4 rings (SSSR count). The van der Waals surface area contributed by atoms with E-state index in [4.69, 9.17) is 4.74 Å². The van der Waals surface area contributed by atoms with Gasteiger partial charge in [0.05, 0.1) is 24.4 Å². The lowest BCUT2D eigenvalue weighted by atomic mass is 9.77. The minimum atomic E-state index is -0.117.